The molecule has 2 amide bonds. The molecule has 0 aromatic heterocycles. The van der Waals surface area contributed by atoms with Gasteiger partial charge in [-0.3, -0.25) is 9.59 Å². The Morgan fingerprint density at radius 3 is 1.05 bits per heavy atom. The number of carbonyl (C=O) groups excluding carboxylic acids is 2. The molecule has 8 nitrogen and oxygen atoms in total. The molecule has 1 aromatic carbocycles. The number of hydrogen-bond acceptors (Lipinski definition) is 6. The molecule has 0 aliphatic rings. The molecule has 1 rings (SSSR count). The van der Waals surface area contributed by atoms with Gasteiger partial charge in [0.1, 0.15) is 0 Å². The van der Waals surface area contributed by atoms with Crippen LogP contribution in [0.15, 0.2) is 54.0 Å². The number of benzene rings is 1. The van der Waals surface area contributed by atoms with Gasteiger partial charge in [-0.1, -0.05) is 77.4 Å². The molecular weight excluding hydrogens is 544 g/mol. The Morgan fingerprint density at radius 1 is 0.650 bits per heavy atom. The fourth-order valence-electron chi connectivity index (χ4n) is 2.44. The van der Waals surface area contributed by atoms with Crippen LogP contribution in [0.1, 0.15) is 74.8 Å². The average molecular weight is 599 g/mol. The summed E-state index contributed by atoms with van der Waals surface area (Å²) >= 11 is 0. The molecule has 0 heterocycles. The van der Waals surface area contributed by atoms with Gasteiger partial charge in [0.05, 0.1) is 0 Å². The number of aryl methyl sites for hydroxylation is 1. The van der Waals surface area contributed by atoms with Gasteiger partial charge in [-0.25, -0.2) is 0 Å². The minimum Gasteiger partial charge on any atom is -0.875 e. The topological polar surface area (TPSA) is 133 Å². The number of rotatable bonds is 6. The molecule has 0 unspecified atom stereocenters. The first kappa shape index (κ1) is 47.7. The van der Waals surface area contributed by atoms with Crippen LogP contribution in [0.5, 0.6) is 0 Å². The van der Waals surface area contributed by atoms with Crippen LogP contribution in [0.4, 0.5) is 0 Å². The summed E-state index contributed by atoms with van der Waals surface area (Å²) in [5.41, 5.74) is 0.383. The smallest absolute Gasteiger partial charge is 0.875 e. The van der Waals surface area contributed by atoms with Crippen LogP contribution in [-0.4, -0.2) is 62.0 Å². The first-order valence-corrected chi connectivity index (χ1v) is 13.2. The first-order chi connectivity index (χ1) is 18.0. The predicted molar refractivity (Wildman–Crippen MR) is 154 cm³/mol. The van der Waals surface area contributed by atoms with E-state index in [0.717, 1.165) is 14.2 Å². The fourth-order valence-corrected chi connectivity index (χ4v) is 2.44. The third-order valence-electron chi connectivity index (χ3n) is 5.08. The summed E-state index contributed by atoms with van der Waals surface area (Å²) in [6, 6.07) is 10.3. The normalized spacial score (nSPS) is 10.8. The van der Waals surface area contributed by atoms with Crippen LogP contribution in [0.3, 0.4) is 0 Å². The molecule has 228 valence electrons. The van der Waals surface area contributed by atoms with E-state index >= 15 is 0 Å². The van der Waals surface area contributed by atoms with E-state index in [1.807, 2.05) is 45.9 Å². The number of amides is 2. The summed E-state index contributed by atoms with van der Waals surface area (Å²) < 4.78 is 0. The maximum Gasteiger partial charge on any atom is 4.00 e. The van der Waals surface area contributed by atoms with Gasteiger partial charge in [0.15, 0.2) is 0 Å². The Bertz CT molecular complexity index is 755. The van der Waals surface area contributed by atoms with Gasteiger partial charge in [0, 0.05) is 26.2 Å². The zero-order valence-corrected chi connectivity index (χ0v) is 28.8. The molecule has 0 saturated carbocycles. The first-order valence-electron chi connectivity index (χ1n) is 13.2. The third-order valence-corrected chi connectivity index (χ3v) is 5.08. The quantitative estimate of drug-likeness (QED) is 0.280. The fraction of sp³-hybridized carbons (Fsp3) is 0.613. The van der Waals surface area contributed by atoms with Gasteiger partial charge in [-0.05, 0) is 57.6 Å². The van der Waals surface area contributed by atoms with E-state index in [-0.39, 0.29) is 45.1 Å². The maximum absolute atomic E-state index is 11.5. The summed E-state index contributed by atoms with van der Waals surface area (Å²) in [6.07, 6.45) is 2.40. The molecule has 9 heteroatoms. The van der Waals surface area contributed by atoms with Crippen LogP contribution >= 0.6 is 0 Å². The largest absolute Gasteiger partial charge is 4.00 e. The van der Waals surface area contributed by atoms with E-state index in [1.165, 1.54) is 17.7 Å². The van der Waals surface area contributed by atoms with Gasteiger partial charge < -0.3 is 30.2 Å². The Hall–Kier alpha value is -2.13. The van der Waals surface area contributed by atoms with Crippen molar-refractivity contribution >= 4 is 11.8 Å². The molecule has 0 aliphatic carbocycles. The second kappa shape index (κ2) is 27.1. The molecule has 0 radical (unpaired) electrons. The SMILES string of the molecule is CCN(CC)C(=O)/C=C(\[O-])C(C)(C)C.CCN(CC)C(=O)/C=C(\[O-])C(C)(C)C.C[O-].C[O-].Cc1ccccc1.[Ti+4]. The van der Waals surface area contributed by atoms with Gasteiger partial charge in [-0.2, -0.15) is 14.2 Å². The number of hydrogen-bond donors (Lipinski definition) is 0. The van der Waals surface area contributed by atoms with Gasteiger partial charge in [0.2, 0.25) is 11.8 Å². The van der Waals surface area contributed by atoms with Gasteiger partial charge in [-0.15, -0.1) is 11.5 Å². The monoisotopic (exact) mass is 598 g/mol. The number of allylic oxidation sites excluding steroid dienone is 2. The summed E-state index contributed by atoms with van der Waals surface area (Å²) in [5, 5.41) is 39.5. The van der Waals surface area contributed by atoms with Crippen LogP contribution < -0.4 is 20.4 Å². The summed E-state index contributed by atoms with van der Waals surface area (Å²) in [4.78, 5) is 26.3. The predicted octanol–water partition coefficient (Wildman–Crippen LogP) is 2.24. The van der Waals surface area contributed by atoms with Crippen molar-refractivity contribution in [1.29, 1.82) is 0 Å². The molecule has 0 saturated heterocycles. The van der Waals surface area contributed by atoms with Crippen LogP contribution in [0.2, 0.25) is 0 Å². The zero-order valence-electron chi connectivity index (χ0n) is 27.2. The van der Waals surface area contributed by atoms with E-state index in [0.29, 0.717) is 26.2 Å². The number of likely N-dealkylation sites (N-methyl/N-ethyl adjacent to an activating group) is 2. The Kier molecular flexibility index (Phi) is 32.2. The van der Waals surface area contributed by atoms with Crippen molar-refractivity contribution in [1.82, 2.24) is 9.80 Å². The molecule has 0 fully saturated rings. The van der Waals surface area contributed by atoms with Crippen LogP contribution in [0, 0.1) is 17.8 Å². The molecule has 0 aliphatic heterocycles. The van der Waals surface area contributed by atoms with Crippen molar-refractivity contribution in [3.8, 4) is 0 Å². The van der Waals surface area contributed by atoms with Crippen molar-refractivity contribution in [2.75, 3.05) is 40.4 Å². The van der Waals surface area contributed by atoms with Crippen LogP contribution in [0.25, 0.3) is 0 Å². The van der Waals surface area contributed by atoms with Crippen molar-refractivity contribution in [3.63, 3.8) is 0 Å². The number of carbonyl (C=O) groups is 2. The number of nitrogens with zero attached hydrogens (tertiary/aromatic N) is 2. The molecule has 40 heavy (non-hydrogen) atoms. The average Bonchev–Trinajstić information content (AvgIpc) is 2.88. The molecule has 0 atom stereocenters. The van der Waals surface area contributed by atoms with Gasteiger partial charge >= 0.3 is 21.7 Å². The van der Waals surface area contributed by atoms with E-state index in [1.54, 1.807) is 51.3 Å². The van der Waals surface area contributed by atoms with Crippen molar-refractivity contribution < 1.29 is 51.7 Å². The molecule has 0 spiro atoms. The van der Waals surface area contributed by atoms with E-state index in [4.69, 9.17) is 10.2 Å². The molecule has 1 aromatic rings. The van der Waals surface area contributed by atoms with Crippen molar-refractivity contribution in [2.45, 2.75) is 76.2 Å². The van der Waals surface area contributed by atoms with Crippen molar-refractivity contribution in [2.24, 2.45) is 10.8 Å². The Morgan fingerprint density at radius 2 is 0.900 bits per heavy atom. The minimum atomic E-state index is -0.469. The standard InChI is InChI=1S/2C11H21NO2.C7H8.2CH3O.Ti/c2*1-6-12(7-2)10(14)8-9(13)11(3,4)5;1-7-5-3-2-4-6-7;2*1-2;/h2*8,13H,6-7H2,1-5H3;2-6H,1H3;2*1H3;/q;;;2*-1;+4/p-2/b2*9-8-;;;;. The maximum atomic E-state index is 11.5. The van der Waals surface area contributed by atoms with Crippen LogP contribution in [-0.2, 0) is 31.3 Å². The zero-order chi connectivity index (χ0) is 31.8. The summed E-state index contributed by atoms with van der Waals surface area (Å²) in [7, 11) is 1.50. The molecule has 0 N–H and O–H groups in total. The summed E-state index contributed by atoms with van der Waals surface area (Å²) in [5.74, 6) is -0.603. The second-order valence-electron chi connectivity index (χ2n) is 10.2. The van der Waals surface area contributed by atoms with E-state index in [2.05, 4.69) is 19.1 Å². The molecular formula is C31H54N2O6Ti. The Labute approximate surface area is 259 Å². The minimum absolute atomic E-state index is 0. The van der Waals surface area contributed by atoms with Crippen molar-refractivity contribution in [3.05, 3.63) is 59.6 Å². The summed E-state index contributed by atoms with van der Waals surface area (Å²) in [6.45, 7) is 23.1. The Balaban J connectivity index is -0.000000148. The van der Waals surface area contributed by atoms with Gasteiger partial charge in [0.25, 0.3) is 0 Å². The second-order valence-corrected chi connectivity index (χ2v) is 10.2. The molecule has 0 bridgehead atoms. The van der Waals surface area contributed by atoms with E-state index in [9.17, 15) is 19.8 Å². The van der Waals surface area contributed by atoms with E-state index < -0.39 is 10.8 Å². The third kappa shape index (κ3) is 24.9.